The summed E-state index contributed by atoms with van der Waals surface area (Å²) in [6.45, 7) is 2.69. The van der Waals surface area contributed by atoms with Crippen molar-refractivity contribution >= 4 is 33.4 Å². The molecule has 1 aliphatic heterocycles. The maximum Gasteiger partial charge on any atom is 0.265 e. The van der Waals surface area contributed by atoms with Crippen LogP contribution >= 0.6 is 15.9 Å². The van der Waals surface area contributed by atoms with E-state index in [0.717, 1.165) is 23.7 Å². The fourth-order valence-electron chi connectivity index (χ4n) is 4.38. The van der Waals surface area contributed by atoms with Gasteiger partial charge in [-0.2, -0.15) is 0 Å². The minimum absolute atomic E-state index is 0.0166. The normalized spacial score (nSPS) is 25.8. The van der Waals surface area contributed by atoms with E-state index in [4.69, 9.17) is 9.47 Å². The first-order chi connectivity index (χ1) is 12.5. The fourth-order valence-corrected chi connectivity index (χ4v) is 4.72. The summed E-state index contributed by atoms with van der Waals surface area (Å²) in [5.74, 6) is 0.289. The van der Waals surface area contributed by atoms with E-state index in [2.05, 4.69) is 21.2 Å². The van der Waals surface area contributed by atoms with Crippen LogP contribution in [0.25, 0.3) is 0 Å². The second-order valence-corrected chi connectivity index (χ2v) is 8.18. The van der Waals surface area contributed by atoms with Crippen LogP contribution in [-0.2, 0) is 14.3 Å². The maximum atomic E-state index is 12.6. The van der Waals surface area contributed by atoms with Gasteiger partial charge in [0.2, 0.25) is 5.91 Å². The number of anilines is 1. The van der Waals surface area contributed by atoms with E-state index in [1.54, 1.807) is 6.07 Å². The van der Waals surface area contributed by atoms with Crippen LogP contribution in [0.15, 0.2) is 22.7 Å². The quantitative estimate of drug-likeness (QED) is 0.791. The largest absolute Gasteiger partial charge is 0.482 e. The van der Waals surface area contributed by atoms with Crippen molar-refractivity contribution in [3.05, 3.63) is 22.7 Å². The molecule has 1 heterocycles. The van der Waals surface area contributed by atoms with Gasteiger partial charge in [-0.3, -0.25) is 14.5 Å². The Bertz CT molecular complexity index is 734. The van der Waals surface area contributed by atoms with E-state index in [9.17, 15) is 9.59 Å². The highest BCUT2D eigenvalue weighted by Gasteiger charge is 2.59. The van der Waals surface area contributed by atoms with Gasteiger partial charge in [0.15, 0.2) is 6.61 Å². The number of hydrogen-bond donors (Lipinski definition) is 1. The first-order valence-corrected chi connectivity index (χ1v) is 9.96. The third-order valence-corrected chi connectivity index (χ3v) is 6.43. The van der Waals surface area contributed by atoms with Crippen LogP contribution in [0.4, 0.5) is 5.69 Å². The van der Waals surface area contributed by atoms with E-state index >= 15 is 0 Å². The SMILES string of the molecule is CCO[C@@H]1C[C@@H](NC(=O)CN2C(=O)COc3cc(Br)ccc32)C12CCC2. The standard InChI is InChI=1S/C19H23BrN2O4/c1-2-25-16-9-15(19(16)6-3-7-19)21-17(23)10-22-13-5-4-12(20)8-14(13)26-11-18(22)24/h4-5,8,15-16H,2-3,6-7,9-11H2,1H3,(H,21,23)/t15-,16-/m1/s1. The molecule has 6 nitrogen and oxygen atoms in total. The number of nitrogens with one attached hydrogen (secondary N) is 1. The average Bonchev–Trinajstić information content (AvgIpc) is 2.55. The number of fused-ring (bicyclic) bond motifs is 1. The molecule has 2 amide bonds. The van der Waals surface area contributed by atoms with Gasteiger partial charge in [0.05, 0.1) is 11.8 Å². The number of hydrogen-bond acceptors (Lipinski definition) is 4. The molecule has 0 aromatic heterocycles. The predicted molar refractivity (Wildman–Crippen MR) is 100 cm³/mol. The molecule has 2 saturated carbocycles. The highest BCUT2D eigenvalue weighted by molar-refractivity contribution is 9.10. The molecule has 0 unspecified atom stereocenters. The molecule has 2 aliphatic carbocycles. The molecule has 2 atom stereocenters. The lowest BCUT2D eigenvalue weighted by molar-refractivity contribution is -0.175. The Morgan fingerprint density at radius 2 is 2.27 bits per heavy atom. The van der Waals surface area contributed by atoms with Crippen LogP contribution in [0.2, 0.25) is 0 Å². The van der Waals surface area contributed by atoms with Crippen molar-refractivity contribution in [1.82, 2.24) is 5.32 Å². The minimum Gasteiger partial charge on any atom is -0.482 e. The number of ether oxygens (including phenoxy) is 2. The Hall–Kier alpha value is -1.60. The number of benzene rings is 1. The van der Waals surface area contributed by atoms with Gasteiger partial charge in [-0.05, 0) is 44.4 Å². The number of amides is 2. The molecular weight excluding hydrogens is 400 g/mol. The first-order valence-electron chi connectivity index (χ1n) is 9.17. The number of carbonyl (C=O) groups is 2. The molecule has 140 valence electrons. The number of carbonyl (C=O) groups excluding carboxylic acids is 2. The molecule has 1 spiro atoms. The fraction of sp³-hybridized carbons (Fsp3) is 0.579. The summed E-state index contributed by atoms with van der Waals surface area (Å²) in [4.78, 5) is 26.4. The number of halogens is 1. The van der Waals surface area contributed by atoms with Crippen LogP contribution < -0.4 is 15.0 Å². The highest BCUT2D eigenvalue weighted by atomic mass is 79.9. The number of rotatable bonds is 5. The summed E-state index contributed by atoms with van der Waals surface area (Å²) in [5.41, 5.74) is 0.752. The summed E-state index contributed by atoms with van der Waals surface area (Å²) in [5, 5.41) is 3.14. The van der Waals surface area contributed by atoms with E-state index in [1.807, 2.05) is 19.1 Å². The third kappa shape index (κ3) is 2.91. The summed E-state index contributed by atoms with van der Waals surface area (Å²) < 4.78 is 12.2. The van der Waals surface area contributed by atoms with Crippen LogP contribution in [0, 0.1) is 5.41 Å². The molecule has 1 aromatic carbocycles. The second-order valence-electron chi connectivity index (χ2n) is 7.27. The zero-order valence-electron chi connectivity index (χ0n) is 14.8. The van der Waals surface area contributed by atoms with Gasteiger partial charge in [0.25, 0.3) is 5.91 Å². The molecule has 0 radical (unpaired) electrons. The maximum absolute atomic E-state index is 12.6. The third-order valence-electron chi connectivity index (χ3n) is 5.94. The van der Waals surface area contributed by atoms with Crippen molar-refractivity contribution in [2.45, 2.75) is 44.8 Å². The molecule has 0 saturated heterocycles. The van der Waals surface area contributed by atoms with Crippen molar-refractivity contribution in [3.8, 4) is 5.75 Å². The summed E-state index contributed by atoms with van der Waals surface area (Å²) in [6, 6.07) is 5.61. The van der Waals surface area contributed by atoms with E-state index < -0.39 is 0 Å². The molecular formula is C19H23BrN2O4. The van der Waals surface area contributed by atoms with Gasteiger partial charge < -0.3 is 14.8 Å². The Morgan fingerprint density at radius 1 is 1.46 bits per heavy atom. The van der Waals surface area contributed by atoms with Crippen LogP contribution in [0.5, 0.6) is 5.75 Å². The van der Waals surface area contributed by atoms with Gasteiger partial charge in [-0.25, -0.2) is 0 Å². The molecule has 1 aromatic rings. The van der Waals surface area contributed by atoms with Gasteiger partial charge in [0, 0.05) is 22.5 Å². The van der Waals surface area contributed by atoms with Gasteiger partial charge in [-0.15, -0.1) is 0 Å². The topological polar surface area (TPSA) is 67.9 Å². The van der Waals surface area contributed by atoms with Crippen molar-refractivity contribution in [2.24, 2.45) is 5.41 Å². The zero-order valence-corrected chi connectivity index (χ0v) is 16.4. The first kappa shape index (κ1) is 17.8. The molecule has 1 N–H and O–H groups in total. The van der Waals surface area contributed by atoms with Gasteiger partial charge in [0.1, 0.15) is 12.3 Å². The van der Waals surface area contributed by atoms with Crippen LogP contribution in [0.3, 0.4) is 0 Å². The summed E-state index contributed by atoms with van der Waals surface area (Å²) in [7, 11) is 0. The summed E-state index contributed by atoms with van der Waals surface area (Å²) in [6.07, 6.45) is 4.53. The Kier molecular flexibility index (Phi) is 4.69. The summed E-state index contributed by atoms with van der Waals surface area (Å²) >= 11 is 3.40. The number of nitrogens with zero attached hydrogens (tertiary/aromatic N) is 1. The molecule has 7 heteroatoms. The average molecular weight is 423 g/mol. The van der Waals surface area contributed by atoms with Gasteiger partial charge >= 0.3 is 0 Å². The van der Waals surface area contributed by atoms with Crippen molar-refractivity contribution in [2.75, 3.05) is 24.7 Å². The zero-order chi connectivity index (χ0) is 18.3. The lowest BCUT2D eigenvalue weighted by Gasteiger charge is -2.61. The Labute approximate surface area is 161 Å². The van der Waals surface area contributed by atoms with E-state index in [-0.39, 0.29) is 42.5 Å². The molecule has 0 bridgehead atoms. The Morgan fingerprint density at radius 3 is 2.96 bits per heavy atom. The Balaban J connectivity index is 1.42. The molecule has 26 heavy (non-hydrogen) atoms. The van der Waals surface area contributed by atoms with E-state index in [1.165, 1.54) is 11.3 Å². The van der Waals surface area contributed by atoms with Crippen LogP contribution in [0.1, 0.15) is 32.6 Å². The van der Waals surface area contributed by atoms with Crippen molar-refractivity contribution in [1.29, 1.82) is 0 Å². The van der Waals surface area contributed by atoms with Crippen molar-refractivity contribution < 1.29 is 19.1 Å². The molecule has 4 rings (SSSR count). The molecule has 3 aliphatic rings. The lowest BCUT2D eigenvalue weighted by atomic mass is 9.51. The minimum atomic E-state index is -0.200. The second kappa shape index (κ2) is 6.85. The van der Waals surface area contributed by atoms with Crippen molar-refractivity contribution in [3.63, 3.8) is 0 Å². The monoisotopic (exact) mass is 422 g/mol. The smallest absolute Gasteiger partial charge is 0.265 e. The lowest BCUT2D eigenvalue weighted by Crippen LogP contribution is -2.68. The predicted octanol–water partition coefficient (Wildman–Crippen LogP) is 2.64. The van der Waals surface area contributed by atoms with E-state index in [0.29, 0.717) is 18.0 Å². The molecule has 2 fully saturated rings. The van der Waals surface area contributed by atoms with Crippen LogP contribution in [-0.4, -0.2) is 43.7 Å². The highest BCUT2D eigenvalue weighted by Crippen LogP contribution is 2.57. The van der Waals surface area contributed by atoms with Gasteiger partial charge in [-0.1, -0.05) is 22.4 Å².